The normalized spacial score (nSPS) is 22.3. The highest BCUT2D eigenvalue weighted by atomic mass is 16.5. The Hall–Kier alpha value is -2.53. The summed E-state index contributed by atoms with van der Waals surface area (Å²) >= 11 is 0. The summed E-state index contributed by atoms with van der Waals surface area (Å²) in [5.41, 5.74) is 1.35. The standard InChI is InChI=1S/C28H41N3O7/c32-24-11-10-23(26(33)30-24)31-27(34)21-8-5-9-22(25(21)28(31)35)29-13-15-37-17-19-38-18-16-36-14-12-20-6-3-1-2-4-7-20/h5,8-9,20,23,27,29,34H,1-4,6-7,10-19H2,(H,30,32,33). The monoisotopic (exact) mass is 531 g/mol. The zero-order valence-corrected chi connectivity index (χ0v) is 22.1. The average Bonchev–Trinajstić information content (AvgIpc) is 3.06. The summed E-state index contributed by atoms with van der Waals surface area (Å²) in [6.45, 7) is 3.78. The van der Waals surface area contributed by atoms with Crippen LogP contribution >= 0.6 is 0 Å². The molecule has 0 aromatic heterocycles. The summed E-state index contributed by atoms with van der Waals surface area (Å²) in [5.74, 6) is -0.542. The van der Waals surface area contributed by atoms with E-state index in [1.165, 1.54) is 38.5 Å². The van der Waals surface area contributed by atoms with Gasteiger partial charge < -0.3 is 24.6 Å². The van der Waals surface area contributed by atoms with E-state index in [1.807, 2.05) is 0 Å². The van der Waals surface area contributed by atoms with Gasteiger partial charge in [-0.1, -0.05) is 50.7 Å². The quantitative estimate of drug-likeness (QED) is 0.190. The molecular weight excluding hydrogens is 490 g/mol. The molecule has 0 radical (unpaired) electrons. The molecule has 2 atom stereocenters. The number of amides is 3. The van der Waals surface area contributed by atoms with E-state index in [4.69, 9.17) is 14.2 Å². The highest BCUT2D eigenvalue weighted by Gasteiger charge is 2.45. The number of ether oxygens (including phenoxy) is 3. The zero-order valence-electron chi connectivity index (χ0n) is 22.1. The van der Waals surface area contributed by atoms with Crippen molar-refractivity contribution in [3.8, 4) is 0 Å². The Morgan fingerprint density at radius 2 is 1.58 bits per heavy atom. The first-order valence-electron chi connectivity index (χ1n) is 14.0. The SMILES string of the molecule is O=C1CCC(N2C(=O)c3c(NCCOCCOCCOCCC4CCCCCC4)cccc3C2O)C(=O)N1. The first-order chi connectivity index (χ1) is 18.6. The van der Waals surface area contributed by atoms with Crippen LogP contribution in [0, 0.1) is 5.92 Å². The van der Waals surface area contributed by atoms with Crippen molar-refractivity contribution in [2.75, 3.05) is 51.5 Å². The molecule has 2 unspecified atom stereocenters. The van der Waals surface area contributed by atoms with Gasteiger partial charge in [0.2, 0.25) is 11.8 Å². The number of nitrogens with zero attached hydrogens (tertiary/aromatic N) is 1. The molecule has 3 aliphatic rings. The van der Waals surface area contributed by atoms with E-state index < -0.39 is 24.1 Å². The predicted molar refractivity (Wildman–Crippen MR) is 140 cm³/mol. The minimum atomic E-state index is -1.24. The van der Waals surface area contributed by atoms with Gasteiger partial charge >= 0.3 is 0 Å². The van der Waals surface area contributed by atoms with Gasteiger partial charge in [0.15, 0.2) is 6.23 Å². The van der Waals surface area contributed by atoms with E-state index in [2.05, 4.69) is 10.6 Å². The lowest BCUT2D eigenvalue weighted by Gasteiger charge is -2.31. The van der Waals surface area contributed by atoms with Gasteiger partial charge in [-0.3, -0.25) is 24.6 Å². The smallest absolute Gasteiger partial charge is 0.259 e. The molecule has 1 aromatic carbocycles. The third-order valence-corrected chi connectivity index (χ3v) is 7.58. The van der Waals surface area contributed by atoms with Crippen LogP contribution in [0.4, 0.5) is 5.69 Å². The van der Waals surface area contributed by atoms with Gasteiger partial charge in [-0.25, -0.2) is 0 Å². The number of imide groups is 1. The Morgan fingerprint density at radius 3 is 2.29 bits per heavy atom. The number of benzene rings is 1. The van der Waals surface area contributed by atoms with Crippen LogP contribution in [0.1, 0.15) is 79.9 Å². The maximum Gasteiger partial charge on any atom is 0.259 e. The fourth-order valence-corrected chi connectivity index (χ4v) is 5.52. The van der Waals surface area contributed by atoms with Gasteiger partial charge in [0.25, 0.3) is 5.91 Å². The molecule has 1 aliphatic carbocycles. The van der Waals surface area contributed by atoms with E-state index >= 15 is 0 Å². The lowest BCUT2D eigenvalue weighted by atomic mass is 9.97. The molecule has 2 heterocycles. The largest absolute Gasteiger partial charge is 0.382 e. The van der Waals surface area contributed by atoms with Crippen molar-refractivity contribution in [1.29, 1.82) is 0 Å². The maximum absolute atomic E-state index is 13.2. The molecular formula is C28H41N3O7. The van der Waals surface area contributed by atoms with Crippen LogP contribution in [0.15, 0.2) is 18.2 Å². The Kier molecular flexibility index (Phi) is 10.9. The van der Waals surface area contributed by atoms with Gasteiger partial charge in [-0.05, 0) is 24.8 Å². The zero-order chi connectivity index (χ0) is 26.7. The molecule has 38 heavy (non-hydrogen) atoms. The molecule has 0 bridgehead atoms. The maximum atomic E-state index is 13.2. The number of fused-ring (bicyclic) bond motifs is 1. The summed E-state index contributed by atoms with van der Waals surface area (Å²) in [6, 6.07) is 4.30. The van der Waals surface area contributed by atoms with Crippen molar-refractivity contribution < 1.29 is 33.7 Å². The molecule has 210 valence electrons. The van der Waals surface area contributed by atoms with E-state index in [0.29, 0.717) is 56.4 Å². The van der Waals surface area contributed by atoms with Gasteiger partial charge in [-0.15, -0.1) is 0 Å². The minimum absolute atomic E-state index is 0.128. The van der Waals surface area contributed by atoms with Crippen LogP contribution < -0.4 is 10.6 Å². The van der Waals surface area contributed by atoms with Gasteiger partial charge in [0.1, 0.15) is 6.04 Å². The van der Waals surface area contributed by atoms with Crippen LogP contribution in [-0.2, 0) is 23.8 Å². The van der Waals surface area contributed by atoms with E-state index in [9.17, 15) is 19.5 Å². The molecule has 1 aromatic rings. The minimum Gasteiger partial charge on any atom is -0.382 e. The number of nitrogens with one attached hydrogen (secondary N) is 2. The molecule has 3 N–H and O–H groups in total. The molecule has 10 nitrogen and oxygen atoms in total. The molecule has 1 saturated carbocycles. The number of anilines is 1. The number of hydrogen-bond acceptors (Lipinski definition) is 8. The number of hydrogen-bond donors (Lipinski definition) is 3. The number of carbonyl (C=O) groups is 3. The van der Waals surface area contributed by atoms with Crippen molar-refractivity contribution in [2.45, 2.75) is 70.1 Å². The van der Waals surface area contributed by atoms with E-state index in [0.717, 1.165) is 23.8 Å². The second-order valence-corrected chi connectivity index (χ2v) is 10.2. The Morgan fingerprint density at radius 1 is 0.895 bits per heavy atom. The summed E-state index contributed by atoms with van der Waals surface area (Å²) in [6.07, 6.45) is 8.41. The fourth-order valence-electron chi connectivity index (χ4n) is 5.52. The lowest BCUT2D eigenvalue weighted by molar-refractivity contribution is -0.139. The second kappa shape index (κ2) is 14.6. The third kappa shape index (κ3) is 7.53. The molecule has 2 fully saturated rings. The summed E-state index contributed by atoms with van der Waals surface area (Å²) in [7, 11) is 0. The van der Waals surface area contributed by atoms with Crippen molar-refractivity contribution in [2.24, 2.45) is 5.92 Å². The van der Waals surface area contributed by atoms with E-state index in [-0.39, 0.29) is 18.7 Å². The molecule has 10 heteroatoms. The Labute approximate surface area is 224 Å². The Bertz CT molecular complexity index is 948. The van der Waals surface area contributed by atoms with Crippen molar-refractivity contribution >= 4 is 23.4 Å². The van der Waals surface area contributed by atoms with Crippen LogP contribution in [0.25, 0.3) is 0 Å². The molecule has 3 amide bonds. The number of carbonyl (C=O) groups excluding carboxylic acids is 3. The van der Waals surface area contributed by atoms with E-state index in [1.54, 1.807) is 18.2 Å². The lowest BCUT2D eigenvalue weighted by Crippen LogP contribution is -2.53. The number of rotatable bonds is 14. The number of aliphatic hydroxyl groups is 1. The Balaban J connectivity index is 1.09. The first-order valence-corrected chi connectivity index (χ1v) is 14.0. The summed E-state index contributed by atoms with van der Waals surface area (Å²) < 4.78 is 16.9. The third-order valence-electron chi connectivity index (χ3n) is 7.58. The molecule has 0 spiro atoms. The number of aliphatic hydroxyl groups excluding tert-OH is 1. The first kappa shape index (κ1) is 28.5. The van der Waals surface area contributed by atoms with Crippen LogP contribution in [0.2, 0.25) is 0 Å². The van der Waals surface area contributed by atoms with Gasteiger partial charge in [-0.2, -0.15) is 0 Å². The predicted octanol–water partition coefficient (Wildman–Crippen LogP) is 2.76. The summed E-state index contributed by atoms with van der Waals surface area (Å²) in [5, 5.41) is 16.2. The van der Waals surface area contributed by atoms with Crippen LogP contribution in [0.5, 0.6) is 0 Å². The second-order valence-electron chi connectivity index (χ2n) is 10.2. The summed E-state index contributed by atoms with van der Waals surface area (Å²) in [4.78, 5) is 38.1. The van der Waals surface area contributed by atoms with Crippen LogP contribution in [-0.4, -0.2) is 80.0 Å². The van der Waals surface area contributed by atoms with Crippen molar-refractivity contribution in [3.63, 3.8) is 0 Å². The fraction of sp³-hybridized carbons (Fsp3) is 0.679. The van der Waals surface area contributed by atoms with Crippen molar-refractivity contribution in [3.05, 3.63) is 29.3 Å². The topological polar surface area (TPSA) is 126 Å². The number of piperidine rings is 1. The molecule has 4 rings (SSSR count). The van der Waals surface area contributed by atoms with Crippen molar-refractivity contribution in [1.82, 2.24) is 10.2 Å². The molecule has 2 aliphatic heterocycles. The van der Waals surface area contributed by atoms with Gasteiger partial charge in [0, 0.05) is 30.8 Å². The van der Waals surface area contributed by atoms with Crippen LogP contribution in [0.3, 0.4) is 0 Å². The highest BCUT2D eigenvalue weighted by Crippen LogP contribution is 2.38. The molecule has 1 saturated heterocycles. The average molecular weight is 532 g/mol. The van der Waals surface area contributed by atoms with Gasteiger partial charge in [0.05, 0.1) is 38.6 Å². The highest BCUT2D eigenvalue weighted by molar-refractivity contribution is 6.08.